The highest BCUT2D eigenvalue weighted by Gasteiger charge is 2.20. The van der Waals surface area contributed by atoms with Crippen LogP contribution in [-0.2, 0) is 5.41 Å². The van der Waals surface area contributed by atoms with E-state index in [9.17, 15) is 0 Å². The molecule has 0 aliphatic heterocycles. The van der Waals surface area contributed by atoms with Crippen molar-refractivity contribution in [1.82, 2.24) is 4.98 Å². The number of hydrogen-bond acceptors (Lipinski definition) is 1. The minimum atomic E-state index is 0.0413. The molecule has 2 heteroatoms. The number of para-hydroxylation sites is 1. The molecule has 15 heavy (non-hydrogen) atoms. The van der Waals surface area contributed by atoms with Crippen LogP contribution in [0.5, 0.6) is 0 Å². The SMILES string of the molecule is CC(C)(C)c1c(Cl)cnc2ccccc12. The molecule has 2 aromatic rings. The Labute approximate surface area is 95.1 Å². The highest BCUT2D eigenvalue weighted by molar-refractivity contribution is 6.32. The van der Waals surface area contributed by atoms with Crippen molar-refractivity contribution >= 4 is 22.5 Å². The molecule has 1 aromatic carbocycles. The molecule has 0 aliphatic rings. The molecule has 0 unspecified atom stereocenters. The summed E-state index contributed by atoms with van der Waals surface area (Å²) in [5.74, 6) is 0. The Hall–Kier alpha value is -1.08. The van der Waals surface area contributed by atoms with Crippen molar-refractivity contribution < 1.29 is 0 Å². The fourth-order valence-electron chi connectivity index (χ4n) is 1.88. The number of hydrogen-bond donors (Lipinski definition) is 0. The topological polar surface area (TPSA) is 12.9 Å². The lowest BCUT2D eigenvalue weighted by atomic mass is 9.85. The Morgan fingerprint density at radius 1 is 1.13 bits per heavy atom. The smallest absolute Gasteiger partial charge is 0.0706 e. The maximum absolute atomic E-state index is 6.23. The van der Waals surface area contributed by atoms with Crippen LogP contribution in [0.4, 0.5) is 0 Å². The molecule has 1 nitrogen and oxygen atoms in total. The van der Waals surface area contributed by atoms with Gasteiger partial charge < -0.3 is 0 Å². The molecule has 0 saturated carbocycles. The summed E-state index contributed by atoms with van der Waals surface area (Å²) in [6, 6.07) is 8.11. The van der Waals surface area contributed by atoms with Gasteiger partial charge in [0.15, 0.2) is 0 Å². The zero-order chi connectivity index (χ0) is 11.1. The highest BCUT2D eigenvalue weighted by atomic mass is 35.5. The first-order chi connectivity index (χ1) is 7.00. The first kappa shape index (κ1) is 10.4. The Kier molecular flexibility index (Phi) is 2.43. The Morgan fingerprint density at radius 3 is 2.47 bits per heavy atom. The number of aromatic nitrogens is 1. The van der Waals surface area contributed by atoms with Gasteiger partial charge in [-0.2, -0.15) is 0 Å². The molecule has 2 rings (SSSR count). The van der Waals surface area contributed by atoms with Gasteiger partial charge in [0.05, 0.1) is 10.5 Å². The maximum atomic E-state index is 6.23. The van der Waals surface area contributed by atoms with Gasteiger partial charge in [0.2, 0.25) is 0 Å². The summed E-state index contributed by atoms with van der Waals surface area (Å²) in [5.41, 5.74) is 2.22. The third kappa shape index (κ3) is 1.84. The van der Waals surface area contributed by atoms with E-state index in [1.54, 1.807) is 6.20 Å². The van der Waals surface area contributed by atoms with E-state index in [1.165, 1.54) is 5.56 Å². The van der Waals surface area contributed by atoms with E-state index in [1.807, 2.05) is 18.2 Å². The first-order valence-electron chi connectivity index (χ1n) is 5.04. The molecule has 0 N–H and O–H groups in total. The summed E-state index contributed by atoms with van der Waals surface area (Å²) in [6.07, 6.45) is 1.74. The van der Waals surface area contributed by atoms with Crippen LogP contribution in [0.3, 0.4) is 0 Å². The third-order valence-corrected chi connectivity index (χ3v) is 2.77. The molecular formula is C13H14ClN. The van der Waals surface area contributed by atoms with Crippen LogP contribution in [-0.4, -0.2) is 4.98 Å². The first-order valence-corrected chi connectivity index (χ1v) is 5.41. The predicted molar refractivity (Wildman–Crippen MR) is 65.5 cm³/mol. The fraction of sp³-hybridized carbons (Fsp3) is 0.308. The van der Waals surface area contributed by atoms with Crippen LogP contribution in [0.15, 0.2) is 30.5 Å². The van der Waals surface area contributed by atoms with Gasteiger partial charge in [-0.3, -0.25) is 4.98 Å². The van der Waals surface area contributed by atoms with Crippen LogP contribution >= 0.6 is 11.6 Å². The highest BCUT2D eigenvalue weighted by Crippen LogP contribution is 2.34. The number of nitrogens with zero attached hydrogens (tertiary/aromatic N) is 1. The van der Waals surface area contributed by atoms with E-state index >= 15 is 0 Å². The minimum absolute atomic E-state index is 0.0413. The van der Waals surface area contributed by atoms with Crippen LogP contribution in [0.25, 0.3) is 10.9 Å². The number of halogens is 1. The lowest BCUT2D eigenvalue weighted by Crippen LogP contribution is -2.12. The largest absolute Gasteiger partial charge is 0.255 e. The van der Waals surface area contributed by atoms with Crippen molar-refractivity contribution in [2.45, 2.75) is 26.2 Å². The molecule has 1 aromatic heterocycles. The predicted octanol–water partition coefficient (Wildman–Crippen LogP) is 4.19. The standard InChI is InChI=1S/C13H14ClN/c1-13(2,3)12-9-6-4-5-7-11(9)15-8-10(12)14/h4-8H,1-3H3. The molecular weight excluding hydrogens is 206 g/mol. The van der Waals surface area contributed by atoms with Crippen LogP contribution in [0.1, 0.15) is 26.3 Å². The maximum Gasteiger partial charge on any atom is 0.0706 e. The van der Waals surface area contributed by atoms with Gasteiger partial charge in [0.25, 0.3) is 0 Å². The van der Waals surface area contributed by atoms with Crippen molar-refractivity contribution in [1.29, 1.82) is 0 Å². The van der Waals surface area contributed by atoms with Gasteiger partial charge >= 0.3 is 0 Å². The van der Waals surface area contributed by atoms with E-state index in [2.05, 4.69) is 31.8 Å². The quantitative estimate of drug-likeness (QED) is 0.648. The van der Waals surface area contributed by atoms with Crippen molar-refractivity contribution in [3.05, 3.63) is 41.0 Å². The minimum Gasteiger partial charge on any atom is -0.255 e. The van der Waals surface area contributed by atoms with E-state index < -0.39 is 0 Å². The summed E-state index contributed by atoms with van der Waals surface area (Å²) < 4.78 is 0. The molecule has 0 radical (unpaired) electrons. The molecule has 0 spiro atoms. The average Bonchev–Trinajstić information content (AvgIpc) is 2.15. The molecule has 0 amide bonds. The molecule has 0 fully saturated rings. The summed E-state index contributed by atoms with van der Waals surface area (Å²) in [5, 5.41) is 1.90. The van der Waals surface area contributed by atoms with E-state index in [0.29, 0.717) is 0 Å². The zero-order valence-corrected chi connectivity index (χ0v) is 9.97. The van der Waals surface area contributed by atoms with Crippen LogP contribution in [0.2, 0.25) is 5.02 Å². The van der Waals surface area contributed by atoms with Crippen LogP contribution < -0.4 is 0 Å². The van der Waals surface area contributed by atoms with E-state index in [-0.39, 0.29) is 5.41 Å². The summed E-state index contributed by atoms with van der Waals surface area (Å²) in [7, 11) is 0. The molecule has 0 atom stereocenters. The van der Waals surface area contributed by atoms with Crippen molar-refractivity contribution in [2.75, 3.05) is 0 Å². The van der Waals surface area contributed by atoms with Gasteiger partial charge in [0, 0.05) is 11.6 Å². The van der Waals surface area contributed by atoms with Gasteiger partial charge in [-0.05, 0) is 17.0 Å². The summed E-state index contributed by atoms with van der Waals surface area (Å²) in [6.45, 7) is 6.50. The Bertz CT molecular complexity index is 497. The molecule has 0 saturated heterocycles. The Morgan fingerprint density at radius 2 is 1.80 bits per heavy atom. The number of pyridine rings is 1. The zero-order valence-electron chi connectivity index (χ0n) is 9.21. The van der Waals surface area contributed by atoms with Gasteiger partial charge in [-0.15, -0.1) is 0 Å². The van der Waals surface area contributed by atoms with Crippen LogP contribution in [0, 0.1) is 0 Å². The monoisotopic (exact) mass is 219 g/mol. The van der Waals surface area contributed by atoms with E-state index in [0.717, 1.165) is 15.9 Å². The second-order valence-corrected chi connectivity index (χ2v) is 5.16. The normalized spacial score (nSPS) is 12.0. The molecule has 1 heterocycles. The number of fused-ring (bicyclic) bond motifs is 1. The third-order valence-electron chi connectivity index (χ3n) is 2.48. The lowest BCUT2D eigenvalue weighted by Gasteiger charge is -2.22. The fourth-order valence-corrected chi connectivity index (χ4v) is 2.31. The van der Waals surface area contributed by atoms with E-state index in [4.69, 9.17) is 11.6 Å². The van der Waals surface area contributed by atoms with Crippen molar-refractivity contribution in [2.24, 2.45) is 0 Å². The second-order valence-electron chi connectivity index (χ2n) is 4.75. The number of rotatable bonds is 0. The lowest BCUT2D eigenvalue weighted by molar-refractivity contribution is 0.595. The Balaban J connectivity index is 2.86. The molecule has 0 bridgehead atoms. The molecule has 78 valence electrons. The molecule has 0 aliphatic carbocycles. The van der Waals surface area contributed by atoms with Gasteiger partial charge in [-0.1, -0.05) is 50.6 Å². The van der Waals surface area contributed by atoms with Crippen molar-refractivity contribution in [3.8, 4) is 0 Å². The second kappa shape index (κ2) is 3.49. The number of benzene rings is 1. The van der Waals surface area contributed by atoms with Gasteiger partial charge in [-0.25, -0.2) is 0 Å². The van der Waals surface area contributed by atoms with Gasteiger partial charge in [0.1, 0.15) is 0 Å². The summed E-state index contributed by atoms with van der Waals surface area (Å²) >= 11 is 6.23. The van der Waals surface area contributed by atoms with Crippen molar-refractivity contribution in [3.63, 3.8) is 0 Å². The average molecular weight is 220 g/mol. The summed E-state index contributed by atoms with van der Waals surface area (Å²) in [4.78, 5) is 4.32.